The average molecular weight is 367 g/mol. The highest BCUT2D eigenvalue weighted by atomic mass is 16.5. The highest BCUT2D eigenvalue weighted by molar-refractivity contribution is 5.94. The number of aryl methyl sites for hydroxylation is 1. The van der Waals surface area contributed by atoms with E-state index in [9.17, 15) is 4.79 Å². The van der Waals surface area contributed by atoms with Crippen molar-refractivity contribution in [3.05, 3.63) is 58.7 Å². The lowest BCUT2D eigenvalue weighted by atomic mass is 10.1. The Morgan fingerprint density at radius 2 is 1.81 bits per heavy atom. The van der Waals surface area contributed by atoms with Gasteiger partial charge in [0, 0.05) is 49.5 Å². The normalized spacial score (nSPS) is 15.0. The zero-order valence-electron chi connectivity index (χ0n) is 16.9. The van der Waals surface area contributed by atoms with E-state index in [4.69, 9.17) is 4.74 Å². The lowest BCUT2D eigenvalue weighted by Crippen LogP contribution is -2.46. The highest BCUT2D eigenvalue weighted by Crippen LogP contribution is 2.26. The number of piperazine rings is 1. The number of hydrogen-bond acceptors (Lipinski definition) is 4. The fourth-order valence-electron chi connectivity index (χ4n) is 3.68. The number of hydrogen-bond donors (Lipinski definition) is 0. The first-order valence-corrected chi connectivity index (χ1v) is 9.79. The van der Waals surface area contributed by atoms with Gasteiger partial charge in [0.25, 0.3) is 0 Å². The summed E-state index contributed by atoms with van der Waals surface area (Å²) >= 11 is 0. The summed E-state index contributed by atoms with van der Waals surface area (Å²) in [4.78, 5) is 16.7. The van der Waals surface area contributed by atoms with Crippen LogP contribution in [0.2, 0.25) is 0 Å². The van der Waals surface area contributed by atoms with Gasteiger partial charge < -0.3 is 9.64 Å². The van der Waals surface area contributed by atoms with E-state index < -0.39 is 0 Å². The van der Waals surface area contributed by atoms with Crippen molar-refractivity contribution in [1.82, 2.24) is 4.90 Å². The zero-order chi connectivity index (χ0) is 19.4. The van der Waals surface area contributed by atoms with Crippen LogP contribution in [0.15, 0.2) is 36.4 Å². The molecule has 0 saturated carbocycles. The number of carbonyl (C=O) groups excluding carboxylic acids is 1. The van der Waals surface area contributed by atoms with Crippen molar-refractivity contribution in [3.8, 4) is 5.75 Å². The molecule has 1 saturated heterocycles. The van der Waals surface area contributed by atoms with E-state index in [1.54, 1.807) is 6.92 Å². The molecular weight excluding hydrogens is 336 g/mol. The van der Waals surface area contributed by atoms with Crippen LogP contribution in [0.1, 0.15) is 40.9 Å². The van der Waals surface area contributed by atoms with Crippen molar-refractivity contribution in [1.29, 1.82) is 0 Å². The summed E-state index contributed by atoms with van der Waals surface area (Å²) in [6.45, 7) is 13.5. The second-order valence-corrected chi connectivity index (χ2v) is 7.29. The van der Waals surface area contributed by atoms with Gasteiger partial charge in [-0.2, -0.15) is 0 Å². The molecule has 1 heterocycles. The van der Waals surface area contributed by atoms with Crippen molar-refractivity contribution >= 4 is 11.5 Å². The fraction of sp³-hybridized carbons (Fsp3) is 0.435. The second-order valence-electron chi connectivity index (χ2n) is 7.29. The predicted octanol–water partition coefficient (Wildman–Crippen LogP) is 4.23. The predicted molar refractivity (Wildman–Crippen MR) is 111 cm³/mol. The van der Waals surface area contributed by atoms with Gasteiger partial charge in [-0.05, 0) is 63.1 Å². The molecule has 2 aromatic carbocycles. The first-order valence-electron chi connectivity index (χ1n) is 9.79. The Balaban J connectivity index is 1.69. The molecule has 0 spiro atoms. The lowest BCUT2D eigenvalue weighted by Gasteiger charge is -2.37. The number of anilines is 1. The molecule has 0 N–H and O–H groups in total. The molecular formula is C23H30N2O2. The molecule has 0 aliphatic carbocycles. The summed E-state index contributed by atoms with van der Waals surface area (Å²) in [5, 5.41) is 0. The standard InChI is InChI=1S/C23H30N2O2/c1-5-27-23-10-9-20(19(4)26)15-21(23)16-24-11-13-25(14-12-24)22-8-6-7-17(2)18(22)3/h6-10,15H,5,11-14,16H2,1-4H3. The molecule has 1 aliphatic heterocycles. The van der Waals surface area contributed by atoms with Crippen LogP contribution in [0.3, 0.4) is 0 Å². The van der Waals surface area contributed by atoms with Gasteiger partial charge in [-0.25, -0.2) is 0 Å². The molecule has 27 heavy (non-hydrogen) atoms. The van der Waals surface area contributed by atoms with E-state index in [1.165, 1.54) is 16.8 Å². The minimum atomic E-state index is 0.0963. The molecule has 0 aromatic heterocycles. The molecule has 0 unspecified atom stereocenters. The van der Waals surface area contributed by atoms with Gasteiger partial charge >= 0.3 is 0 Å². The lowest BCUT2D eigenvalue weighted by molar-refractivity contribution is 0.101. The number of benzene rings is 2. The molecule has 1 fully saturated rings. The summed E-state index contributed by atoms with van der Waals surface area (Å²) in [7, 11) is 0. The summed E-state index contributed by atoms with van der Waals surface area (Å²) < 4.78 is 5.78. The quantitative estimate of drug-likeness (QED) is 0.717. The molecule has 4 heteroatoms. The van der Waals surface area contributed by atoms with Gasteiger partial charge in [0.05, 0.1) is 6.61 Å². The summed E-state index contributed by atoms with van der Waals surface area (Å²) in [5.74, 6) is 0.985. The van der Waals surface area contributed by atoms with Gasteiger partial charge in [-0.3, -0.25) is 9.69 Å². The maximum atomic E-state index is 11.8. The van der Waals surface area contributed by atoms with Gasteiger partial charge in [0.15, 0.2) is 5.78 Å². The first kappa shape index (κ1) is 19.4. The maximum Gasteiger partial charge on any atom is 0.159 e. The molecule has 0 bridgehead atoms. The van der Waals surface area contributed by atoms with Crippen molar-refractivity contribution in [2.45, 2.75) is 34.2 Å². The smallest absolute Gasteiger partial charge is 0.159 e. The van der Waals surface area contributed by atoms with E-state index in [0.29, 0.717) is 6.61 Å². The van der Waals surface area contributed by atoms with Gasteiger partial charge in [0.2, 0.25) is 0 Å². The Morgan fingerprint density at radius 3 is 2.48 bits per heavy atom. The third kappa shape index (κ3) is 4.51. The monoisotopic (exact) mass is 366 g/mol. The van der Waals surface area contributed by atoms with Gasteiger partial charge in [0.1, 0.15) is 5.75 Å². The van der Waals surface area contributed by atoms with Crippen LogP contribution >= 0.6 is 0 Å². The highest BCUT2D eigenvalue weighted by Gasteiger charge is 2.20. The Kier molecular flexibility index (Phi) is 6.17. The van der Waals surface area contributed by atoms with E-state index in [2.05, 4.69) is 41.8 Å². The number of ether oxygens (including phenoxy) is 1. The number of nitrogens with zero attached hydrogens (tertiary/aromatic N) is 2. The first-order chi connectivity index (χ1) is 13.0. The van der Waals surface area contributed by atoms with Crippen LogP contribution in [-0.4, -0.2) is 43.5 Å². The van der Waals surface area contributed by atoms with Crippen molar-refractivity contribution in [2.24, 2.45) is 0 Å². The number of ketones is 1. The van der Waals surface area contributed by atoms with Crippen LogP contribution in [0, 0.1) is 13.8 Å². The van der Waals surface area contributed by atoms with Gasteiger partial charge in [-0.1, -0.05) is 12.1 Å². The van der Waals surface area contributed by atoms with E-state index in [0.717, 1.165) is 49.6 Å². The topological polar surface area (TPSA) is 32.8 Å². The van der Waals surface area contributed by atoms with Crippen LogP contribution < -0.4 is 9.64 Å². The summed E-state index contributed by atoms with van der Waals surface area (Å²) in [6, 6.07) is 12.3. The molecule has 0 atom stereocenters. The number of carbonyl (C=O) groups is 1. The molecule has 1 aliphatic rings. The molecule has 3 rings (SSSR count). The zero-order valence-corrected chi connectivity index (χ0v) is 16.9. The van der Waals surface area contributed by atoms with Gasteiger partial charge in [-0.15, -0.1) is 0 Å². The molecule has 2 aromatic rings. The fourth-order valence-corrected chi connectivity index (χ4v) is 3.68. The van der Waals surface area contributed by atoms with E-state index >= 15 is 0 Å². The maximum absolute atomic E-state index is 11.8. The summed E-state index contributed by atoms with van der Waals surface area (Å²) in [5.41, 5.74) is 5.92. The third-order valence-electron chi connectivity index (χ3n) is 5.45. The van der Waals surface area contributed by atoms with E-state index in [-0.39, 0.29) is 5.78 Å². The second kappa shape index (κ2) is 8.57. The van der Waals surface area contributed by atoms with E-state index in [1.807, 2.05) is 25.1 Å². The molecule has 0 radical (unpaired) electrons. The molecule has 0 amide bonds. The van der Waals surface area contributed by atoms with Crippen molar-refractivity contribution in [3.63, 3.8) is 0 Å². The van der Waals surface area contributed by atoms with Crippen LogP contribution in [0.5, 0.6) is 5.75 Å². The third-order valence-corrected chi connectivity index (χ3v) is 5.45. The Labute approximate surface area is 162 Å². The molecule has 4 nitrogen and oxygen atoms in total. The van der Waals surface area contributed by atoms with Crippen LogP contribution in [0.4, 0.5) is 5.69 Å². The number of rotatable bonds is 6. The Bertz CT molecular complexity index is 808. The van der Waals surface area contributed by atoms with Crippen molar-refractivity contribution < 1.29 is 9.53 Å². The minimum Gasteiger partial charge on any atom is -0.494 e. The largest absolute Gasteiger partial charge is 0.494 e. The van der Waals surface area contributed by atoms with Crippen molar-refractivity contribution in [2.75, 3.05) is 37.7 Å². The Morgan fingerprint density at radius 1 is 1.07 bits per heavy atom. The number of Topliss-reactive ketones (excluding diaryl/α,β-unsaturated/α-hetero) is 1. The average Bonchev–Trinajstić information content (AvgIpc) is 2.66. The van der Waals surface area contributed by atoms with Crippen LogP contribution in [0.25, 0.3) is 0 Å². The summed E-state index contributed by atoms with van der Waals surface area (Å²) in [6.07, 6.45) is 0. The molecule has 144 valence electrons. The van der Waals surface area contributed by atoms with Crippen LogP contribution in [-0.2, 0) is 6.54 Å². The minimum absolute atomic E-state index is 0.0963. The Hall–Kier alpha value is -2.33. The SMILES string of the molecule is CCOc1ccc(C(C)=O)cc1CN1CCN(c2cccc(C)c2C)CC1.